The van der Waals surface area contributed by atoms with Gasteiger partial charge in [0.2, 0.25) is 15.8 Å². The summed E-state index contributed by atoms with van der Waals surface area (Å²) in [6, 6.07) is 5.35. The van der Waals surface area contributed by atoms with E-state index in [0.29, 0.717) is 36.3 Å². The van der Waals surface area contributed by atoms with Gasteiger partial charge in [-0.15, -0.1) is 0 Å². The highest BCUT2D eigenvalue weighted by atomic mass is 32.2. The van der Waals surface area contributed by atoms with Crippen LogP contribution in [-0.2, 0) is 15.8 Å². The Hall–Kier alpha value is -4.31. The number of halogens is 2. The Kier molecular flexibility index (Phi) is 7.65. The van der Waals surface area contributed by atoms with Crippen LogP contribution in [0.1, 0.15) is 25.3 Å². The number of aromatic nitrogens is 2. The summed E-state index contributed by atoms with van der Waals surface area (Å²) < 4.78 is 68.3. The van der Waals surface area contributed by atoms with Crippen LogP contribution in [-0.4, -0.2) is 73.4 Å². The molecule has 3 aromatic rings. The smallest absolute Gasteiger partial charge is 0.316 e. The number of sulfonamides is 1. The van der Waals surface area contributed by atoms with E-state index in [-0.39, 0.29) is 60.9 Å². The summed E-state index contributed by atoms with van der Waals surface area (Å²) in [5.41, 5.74) is -0.427. The van der Waals surface area contributed by atoms with Gasteiger partial charge in [0.25, 0.3) is 5.69 Å². The summed E-state index contributed by atoms with van der Waals surface area (Å²) >= 11 is 0. The molecule has 0 amide bonds. The molecule has 6 rings (SSSR count). The van der Waals surface area contributed by atoms with Crippen molar-refractivity contribution in [2.75, 3.05) is 56.2 Å². The van der Waals surface area contributed by atoms with E-state index in [1.807, 2.05) is 6.92 Å². The number of hydrogen-bond donors (Lipinski definition) is 1. The van der Waals surface area contributed by atoms with Crippen LogP contribution in [0.25, 0.3) is 5.69 Å². The molecule has 0 bridgehead atoms. The maximum absolute atomic E-state index is 13.9. The molecule has 0 unspecified atom stereocenters. The Labute approximate surface area is 251 Å². The van der Waals surface area contributed by atoms with Gasteiger partial charge in [0.15, 0.2) is 0 Å². The van der Waals surface area contributed by atoms with Crippen molar-refractivity contribution in [1.29, 1.82) is 0 Å². The van der Waals surface area contributed by atoms with Gasteiger partial charge in [0, 0.05) is 50.3 Å². The van der Waals surface area contributed by atoms with E-state index in [2.05, 4.69) is 10.4 Å². The molecule has 1 saturated carbocycles. The largest absolute Gasteiger partial charge is 0.490 e. The molecule has 0 spiro atoms. The molecule has 1 aromatic heterocycles. The van der Waals surface area contributed by atoms with Gasteiger partial charge in [0.05, 0.1) is 40.4 Å². The van der Waals surface area contributed by atoms with Crippen molar-refractivity contribution < 1.29 is 31.6 Å². The van der Waals surface area contributed by atoms with Crippen molar-refractivity contribution in [2.24, 2.45) is 5.41 Å². The van der Waals surface area contributed by atoms with Gasteiger partial charge in [-0.1, -0.05) is 6.92 Å². The molecule has 2 fully saturated rings. The van der Waals surface area contributed by atoms with E-state index >= 15 is 0 Å². The first-order valence-electron chi connectivity index (χ1n) is 14.0. The van der Waals surface area contributed by atoms with E-state index in [9.17, 15) is 32.1 Å². The summed E-state index contributed by atoms with van der Waals surface area (Å²) in [4.78, 5) is 26.4. The molecule has 0 atom stereocenters. The molecule has 16 heteroatoms. The molecule has 44 heavy (non-hydrogen) atoms. The van der Waals surface area contributed by atoms with Crippen LogP contribution in [0.5, 0.6) is 11.5 Å². The molecule has 3 heterocycles. The first-order valence-corrected chi connectivity index (χ1v) is 15.7. The molecule has 2 aromatic carbocycles. The lowest BCUT2D eigenvalue weighted by atomic mass is 10.1. The number of nitrogens with one attached hydrogen (secondary N) is 1. The van der Waals surface area contributed by atoms with E-state index in [1.54, 1.807) is 4.90 Å². The zero-order valence-corrected chi connectivity index (χ0v) is 24.6. The Balaban J connectivity index is 1.23. The third kappa shape index (κ3) is 6.04. The zero-order chi connectivity index (χ0) is 31.2. The van der Waals surface area contributed by atoms with Gasteiger partial charge in [-0.2, -0.15) is 14.1 Å². The van der Waals surface area contributed by atoms with Crippen LogP contribution in [0.2, 0.25) is 0 Å². The zero-order valence-electron chi connectivity index (χ0n) is 23.8. The summed E-state index contributed by atoms with van der Waals surface area (Å²) in [7, 11) is -3.97. The fourth-order valence-corrected chi connectivity index (χ4v) is 6.76. The van der Waals surface area contributed by atoms with E-state index in [1.165, 1.54) is 22.6 Å². The number of hydrogen-bond acceptors (Lipinski definition) is 10. The topological polar surface area (TPSA) is 149 Å². The quantitative estimate of drug-likeness (QED) is 0.276. The first kappa shape index (κ1) is 29.7. The molecule has 13 nitrogen and oxygen atoms in total. The van der Waals surface area contributed by atoms with Gasteiger partial charge >= 0.3 is 5.56 Å². The van der Waals surface area contributed by atoms with Crippen LogP contribution in [0.4, 0.5) is 25.8 Å². The van der Waals surface area contributed by atoms with Gasteiger partial charge in [-0.25, -0.2) is 17.2 Å². The number of nitro groups is 1. The predicted octanol–water partition coefficient (Wildman–Crippen LogP) is 3.05. The normalized spacial score (nSPS) is 17.8. The Morgan fingerprint density at radius 1 is 1.11 bits per heavy atom. The second-order valence-electron chi connectivity index (χ2n) is 11.5. The minimum atomic E-state index is -3.97. The minimum absolute atomic E-state index is 0.0192. The average molecular weight is 633 g/mol. The number of rotatable bonds is 9. The van der Waals surface area contributed by atoms with Crippen LogP contribution < -0.4 is 25.2 Å². The Morgan fingerprint density at radius 3 is 2.48 bits per heavy atom. The minimum Gasteiger partial charge on any atom is -0.490 e. The molecule has 3 aliphatic rings. The molecule has 1 aliphatic carbocycles. The lowest BCUT2D eigenvalue weighted by Crippen LogP contribution is -2.49. The molecule has 0 radical (unpaired) electrons. The standard InChI is InChI=1S/C28H30F2N6O7S/c1-28(2-3-28)17-43-26-24(15-32-35(27(26)37)21-12-19(29)11-20(30)13-21)33-5-7-34(8-6-33)44(40,41)16-18-10-25-22(31-4-9-42-25)14-23(18)36(38)39/h10-15,31H,2-9,16-17H2,1H3. The molecule has 1 saturated heterocycles. The van der Waals surface area contributed by atoms with Gasteiger partial charge < -0.3 is 19.7 Å². The fourth-order valence-electron chi connectivity index (χ4n) is 5.24. The van der Waals surface area contributed by atoms with Crippen molar-refractivity contribution in [3.63, 3.8) is 0 Å². The second kappa shape index (κ2) is 11.3. The number of ether oxygens (including phenoxy) is 2. The number of nitro benzene ring substituents is 1. The van der Waals surface area contributed by atoms with E-state index < -0.39 is 37.9 Å². The summed E-state index contributed by atoms with van der Waals surface area (Å²) in [6.45, 7) is 3.52. The highest BCUT2D eigenvalue weighted by Gasteiger charge is 2.39. The van der Waals surface area contributed by atoms with E-state index in [4.69, 9.17) is 9.47 Å². The molecular formula is C28H30F2N6O7S. The number of fused-ring (bicyclic) bond motifs is 1. The number of piperazine rings is 1. The number of anilines is 2. The summed E-state index contributed by atoms with van der Waals surface area (Å²) in [5, 5.41) is 18.9. The lowest BCUT2D eigenvalue weighted by molar-refractivity contribution is -0.385. The summed E-state index contributed by atoms with van der Waals surface area (Å²) in [5.74, 6) is -2.02. The molecule has 2 aliphatic heterocycles. The fraction of sp³-hybridized carbons (Fsp3) is 0.429. The molecule has 1 N–H and O–H groups in total. The predicted molar refractivity (Wildman–Crippen MR) is 156 cm³/mol. The van der Waals surface area contributed by atoms with Crippen molar-refractivity contribution >= 4 is 27.1 Å². The summed E-state index contributed by atoms with van der Waals surface area (Å²) in [6.07, 6.45) is 3.22. The monoisotopic (exact) mass is 632 g/mol. The third-order valence-corrected chi connectivity index (χ3v) is 9.87. The van der Waals surface area contributed by atoms with Gasteiger partial charge in [0.1, 0.15) is 29.7 Å². The van der Waals surface area contributed by atoms with Crippen LogP contribution in [0.15, 0.2) is 41.3 Å². The number of benzene rings is 2. The Bertz CT molecular complexity index is 1770. The van der Waals surface area contributed by atoms with Crippen LogP contribution >= 0.6 is 0 Å². The van der Waals surface area contributed by atoms with Gasteiger partial charge in [-0.3, -0.25) is 14.9 Å². The van der Waals surface area contributed by atoms with Crippen molar-refractivity contribution in [1.82, 2.24) is 14.1 Å². The van der Waals surface area contributed by atoms with E-state index in [0.717, 1.165) is 29.7 Å². The highest BCUT2D eigenvalue weighted by Crippen LogP contribution is 2.45. The highest BCUT2D eigenvalue weighted by molar-refractivity contribution is 7.88. The maximum Gasteiger partial charge on any atom is 0.316 e. The SMILES string of the molecule is CC1(COc2c(N3CCN(S(=O)(=O)Cc4cc5c(cc4[N+](=O)[O-])NCCO5)CC3)cnn(-c3cc(F)cc(F)c3)c2=O)CC1. The van der Waals surface area contributed by atoms with Crippen molar-refractivity contribution in [2.45, 2.75) is 25.5 Å². The molecule has 234 valence electrons. The average Bonchev–Trinajstić information content (AvgIpc) is 3.72. The second-order valence-corrected chi connectivity index (χ2v) is 13.4. The van der Waals surface area contributed by atoms with Crippen LogP contribution in [0.3, 0.4) is 0 Å². The van der Waals surface area contributed by atoms with Crippen molar-refractivity contribution in [3.8, 4) is 17.2 Å². The van der Waals surface area contributed by atoms with Gasteiger partial charge in [-0.05, 0) is 31.0 Å². The van der Waals surface area contributed by atoms with Crippen LogP contribution in [0, 0.1) is 27.2 Å². The van der Waals surface area contributed by atoms with Crippen molar-refractivity contribution in [3.05, 3.63) is 74.2 Å². The molecular weight excluding hydrogens is 602 g/mol. The maximum atomic E-state index is 13.9. The Morgan fingerprint density at radius 2 is 1.82 bits per heavy atom. The third-order valence-electron chi connectivity index (χ3n) is 8.04. The lowest BCUT2D eigenvalue weighted by Gasteiger charge is -2.35. The first-order chi connectivity index (χ1) is 20.9. The number of nitrogens with zero attached hydrogens (tertiary/aromatic N) is 5.